The molecule has 32 heavy (non-hydrogen) atoms. The van der Waals surface area contributed by atoms with Crippen molar-refractivity contribution >= 4 is 16.8 Å². The first kappa shape index (κ1) is 23.3. The highest BCUT2D eigenvalue weighted by Crippen LogP contribution is 2.21. The first-order chi connectivity index (χ1) is 15.3. The van der Waals surface area contributed by atoms with Crippen LogP contribution in [0.4, 0.5) is 0 Å². The van der Waals surface area contributed by atoms with Gasteiger partial charge in [0.25, 0.3) is 11.5 Å². The lowest BCUT2D eigenvalue weighted by Crippen LogP contribution is -2.47. The van der Waals surface area contributed by atoms with E-state index in [1.807, 2.05) is 19.1 Å². The number of nitrogens with zero attached hydrogens (tertiary/aromatic N) is 2. The van der Waals surface area contributed by atoms with Crippen molar-refractivity contribution in [1.82, 2.24) is 14.5 Å². The van der Waals surface area contributed by atoms with Gasteiger partial charge in [-0.1, -0.05) is 24.3 Å². The van der Waals surface area contributed by atoms with E-state index in [9.17, 15) is 14.4 Å². The minimum absolute atomic E-state index is 0.136. The van der Waals surface area contributed by atoms with Crippen LogP contribution < -0.4 is 21.3 Å². The van der Waals surface area contributed by atoms with Gasteiger partial charge >= 0.3 is 5.69 Å². The van der Waals surface area contributed by atoms with E-state index in [-0.39, 0.29) is 30.3 Å². The van der Waals surface area contributed by atoms with E-state index in [2.05, 4.69) is 5.32 Å². The summed E-state index contributed by atoms with van der Waals surface area (Å²) in [5.41, 5.74) is -0.130. The molecule has 0 bridgehead atoms. The maximum absolute atomic E-state index is 12.7. The molecule has 0 saturated heterocycles. The van der Waals surface area contributed by atoms with E-state index in [1.165, 1.54) is 9.13 Å². The number of fused-ring (bicyclic) bond motifs is 1. The Morgan fingerprint density at radius 2 is 1.78 bits per heavy atom. The quantitative estimate of drug-likeness (QED) is 0.550. The fourth-order valence-corrected chi connectivity index (χ4v) is 3.79. The molecule has 3 rings (SSSR count). The van der Waals surface area contributed by atoms with Gasteiger partial charge in [-0.05, 0) is 43.7 Å². The number of aryl methyl sites for hydroxylation is 1. The second-order valence-corrected chi connectivity index (χ2v) is 7.73. The maximum Gasteiger partial charge on any atom is 0.331 e. The molecule has 0 aliphatic heterocycles. The van der Waals surface area contributed by atoms with Gasteiger partial charge in [0.15, 0.2) is 0 Å². The summed E-state index contributed by atoms with van der Waals surface area (Å²) in [4.78, 5) is 37.5. The van der Waals surface area contributed by atoms with Crippen molar-refractivity contribution in [2.75, 3.05) is 20.3 Å². The molecule has 8 heteroatoms. The summed E-state index contributed by atoms with van der Waals surface area (Å²) in [6.45, 7) is 4.35. The number of carbonyl (C=O) groups is 1. The van der Waals surface area contributed by atoms with Crippen molar-refractivity contribution in [3.05, 3.63) is 74.9 Å². The second-order valence-electron chi connectivity index (χ2n) is 7.73. The van der Waals surface area contributed by atoms with Gasteiger partial charge in [0.05, 0.1) is 17.4 Å². The zero-order valence-corrected chi connectivity index (χ0v) is 18.9. The third-order valence-corrected chi connectivity index (χ3v) is 5.48. The van der Waals surface area contributed by atoms with Crippen molar-refractivity contribution in [3.8, 4) is 5.75 Å². The summed E-state index contributed by atoms with van der Waals surface area (Å²) in [6, 6.07) is 14.4. The van der Waals surface area contributed by atoms with E-state index >= 15 is 0 Å². The number of aromatic nitrogens is 2. The molecule has 3 aromatic rings. The Morgan fingerprint density at radius 1 is 1.09 bits per heavy atom. The van der Waals surface area contributed by atoms with E-state index in [1.54, 1.807) is 57.4 Å². The van der Waals surface area contributed by atoms with Crippen molar-refractivity contribution < 1.29 is 14.3 Å². The Bertz CT molecular complexity index is 1210. The van der Waals surface area contributed by atoms with Crippen molar-refractivity contribution in [2.45, 2.75) is 32.4 Å². The van der Waals surface area contributed by atoms with Crippen LogP contribution >= 0.6 is 0 Å². The number of hydrogen-bond acceptors (Lipinski definition) is 5. The predicted molar refractivity (Wildman–Crippen MR) is 123 cm³/mol. The summed E-state index contributed by atoms with van der Waals surface area (Å²) < 4.78 is 14.1. The third kappa shape index (κ3) is 4.75. The molecule has 0 spiro atoms. The number of amides is 1. The highest BCUT2D eigenvalue weighted by atomic mass is 16.5. The summed E-state index contributed by atoms with van der Waals surface area (Å²) in [7, 11) is 3.24. The Morgan fingerprint density at radius 3 is 2.44 bits per heavy atom. The Kier molecular flexibility index (Phi) is 7.15. The molecule has 1 N–H and O–H groups in total. The smallest absolute Gasteiger partial charge is 0.331 e. The van der Waals surface area contributed by atoms with E-state index in [0.29, 0.717) is 29.7 Å². The van der Waals surface area contributed by atoms with Crippen LogP contribution in [0.15, 0.2) is 58.1 Å². The van der Waals surface area contributed by atoms with Crippen LogP contribution in [0, 0.1) is 0 Å². The zero-order valence-electron chi connectivity index (χ0n) is 18.9. The molecule has 0 aliphatic rings. The molecule has 1 aromatic heterocycles. The molecule has 0 radical (unpaired) electrons. The van der Waals surface area contributed by atoms with Gasteiger partial charge in [0, 0.05) is 27.1 Å². The van der Waals surface area contributed by atoms with Gasteiger partial charge in [-0.2, -0.15) is 0 Å². The SMILES string of the molecule is CCOC(C)(Cc1ccc(OCCn2c(=O)c3ccccc3n(C)c2=O)cc1)C(=O)NC. The van der Waals surface area contributed by atoms with Crippen LogP contribution in [0.3, 0.4) is 0 Å². The number of likely N-dealkylation sites (N-methyl/N-ethyl adjacent to an activating group) is 1. The average Bonchev–Trinajstić information content (AvgIpc) is 2.80. The molecular weight excluding hydrogens is 410 g/mol. The Labute approximate surface area is 186 Å². The standard InChI is InChI=1S/C24H29N3O5/c1-5-32-24(2,22(29)25-3)16-17-10-12-18(13-11-17)31-15-14-27-21(28)19-8-6-7-9-20(19)26(4)23(27)30/h6-13H,5,14-16H2,1-4H3,(H,25,29). The second kappa shape index (κ2) is 9.82. The minimum atomic E-state index is -0.955. The number of ether oxygens (including phenoxy) is 2. The third-order valence-electron chi connectivity index (χ3n) is 5.48. The number of hydrogen-bond donors (Lipinski definition) is 1. The molecular formula is C24H29N3O5. The maximum atomic E-state index is 12.7. The number of carbonyl (C=O) groups excluding carboxylic acids is 1. The molecule has 8 nitrogen and oxygen atoms in total. The molecule has 0 saturated carbocycles. The summed E-state index contributed by atoms with van der Waals surface area (Å²) in [5.74, 6) is 0.430. The molecule has 170 valence electrons. The van der Waals surface area contributed by atoms with Gasteiger partial charge in [-0.15, -0.1) is 0 Å². The fourth-order valence-electron chi connectivity index (χ4n) is 3.79. The Hall–Kier alpha value is -3.39. The first-order valence-electron chi connectivity index (χ1n) is 10.6. The molecule has 2 aromatic carbocycles. The van der Waals surface area contributed by atoms with Crippen molar-refractivity contribution in [2.24, 2.45) is 7.05 Å². The largest absolute Gasteiger partial charge is 0.492 e. The lowest BCUT2D eigenvalue weighted by molar-refractivity contribution is -0.143. The Balaban J connectivity index is 1.69. The van der Waals surface area contributed by atoms with E-state index in [0.717, 1.165) is 5.56 Å². The minimum Gasteiger partial charge on any atom is -0.492 e. The van der Waals surface area contributed by atoms with Crippen LogP contribution in [-0.4, -0.2) is 40.9 Å². The van der Waals surface area contributed by atoms with Gasteiger partial charge in [-0.25, -0.2) is 4.79 Å². The monoisotopic (exact) mass is 439 g/mol. The lowest BCUT2D eigenvalue weighted by atomic mass is 9.95. The molecule has 0 aliphatic carbocycles. The molecule has 1 atom stereocenters. The summed E-state index contributed by atoms with van der Waals surface area (Å²) in [6.07, 6.45) is 0.420. The summed E-state index contributed by atoms with van der Waals surface area (Å²) >= 11 is 0. The van der Waals surface area contributed by atoms with Gasteiger partial charge in [-0.3, -0.25) is 18.7 Å². The predicted octanol–water partition coefficient (Wildman–Crippen LogP) is 1.86. The van der Waals surface area contributed by atoms with Crippen molar-refractivity contribution in [3.63, 3.8) is 0 Å². The topological polar surface area (TPSA) is 91.6 Å². The van der Waals surface area contributed by atoms with Crippen LogP contribution in [0.1, 0.15) is 19.4 Å². The highest BCUT2D eigenvalue weighted by Gasteiger charge is 2.33. The molecule has 1 amide bonds. The molecule has 0 fully saturated rings. The number of rotatable bonds is 9. The van der Waals surface area contributed by atoms with Gasteiger partial charge in [0.1, 0.15) is 18.0 Å². The average molecular weight is 440 g/mol. The first-order valence-corrected chi connectivity index (χ1v) is 10.6. The van der Waals surface area contributed by atoms with Gasteiger partial charge in [0.2, 0.25) is 0 Å². The van der Waals surface area contributed by atoms with Gasteiger partial charge < -0.3 is 14.8 Å². The van der Waals surface area contributed by atoms with E-state index < -0.39 is 5.60 Å². The molecule has 1 unspecified atom stereocenters. The van der Waals surface area contributed by atoms with Crippen LogP contribution in [-0.2, 0) is 29.5 Å². The molecule has 1 heterocycles. The number of para-hydroxylation sites is 1. The van der Waals surface area contributed by atoms with E-state index in [4.69, 9.17) is 9.47 Å². The fraction of sp³-hybridized carbons (Fsp3) is 0.375. The van der Waals surface area contributed by atoms with Crippen molar-refractivity contribution in [1.29, 1.82) is 0 Å². The lowest BCUT2D eigenvalue weighted by Gasteiger charge is -2.27. The normalized spacial score (nSPS) is 13.0. The highest BCUT2D eigenvalue weighted by molar-refractivity contribution is 5.84. The zero-order chi connectivity index (χ0) is 23.3. The van der Waals surface area contributed by atoms with Crippen LogP contribution in [0.5, 0.6) is 5.75 Å². The number of nitrogens with one attached hydrogen (secondary N) is 1. The summed E-state index contributed by atoms with van der Waals surface area (Å²) in [5, 5.41) is 3.14. The van der Waals surface area contributed by atoms with Crippen LogP contribution in [0.25, 0.3) is 10.9 Å². The number of benzene rings is 2. The van der Waals surface area contributed by atoms with Crippen LogP contribution in [0.2, 0.25) is 0 Å².